The Hall–Kier alpha value is -0.680. The number of nitrogens with zero attached hydrogens (tertiary/aromatic N) is 1. The van der Waals surface area contributed by atoms with Gasteiger partial charge in [-0.15, -0.1) is 0 Å². The van der Waals surface area contributed by atoms with Gasteiger partial charge >= 0.3 is 29.6 Å². The van der Waals surface area contributed by atoms with Crippen molar-refractivity contribution in [3.63, 3.8) is 0 Å². The number of hydrogen-bond donors (Lipinski definition) is 0. The van der Waals surface area contributed by atoms with E-state index in [1.54, 1.807) is 0 Å². The molecule has 1 aliphatic rings. The van der Waals surface area contributed by atoms with Gasteiger partial charge in [-0.05, 0) is 17.9 Å². The van der Waals surface area contributed by atoms with Gasteiger partial charge in [-0.3, -0.25) is 14.6 Å². The van der Waals surface area contributed by atoms with Gasteiger partial charge < -0.3 is 5.11 Å². The van der Waals surface area contributed by atoms with E-state index in [1.165, 1.54) is 18.3 Å². The molecule has 0 bridgehead atoms. The third kappa shape index (κ3) is 1.86. The molecule has 0 N–H and O–H groups in total. The van der Waals surface area contributed by atoms with E-state index in [4.69, 9.17) is 11.6 Å². The number of fused-ring (bicyclic) bond motifs is 1. The Kier molecular flexibility index (Phi) is 3.67. The molecule has 0 unspecified atom stereocenters. The number of aromatic nitrogens is 1. The molecule has 0 aliphatic heterocycles. The van der Waals surface area contributed by atoms with Gasteiger partial charge in [0, 0.05) is 6.20 Å². The molecule has 0 spiro atoms. The molecule has 70 valence electrons. The molecule has 0 atom stereocenters. The molecular weight excluding hydrogens is 229 g/mol. The van der Waals surface area contributed by atoms with Gasteiger partial charge in [0.15, 0.2) is 5.78 Å². The first kappa shape index (κ1) is 12.4. The van der Waals surface area contributed by atoms with Gasteiger partial charge in [-0.25, -0.2) is 0 Å². The van der Waals surface area contributed by atoms with Crippen molar-refractivity contribution >= 4 is 23.2 Å². The van der Waals surface area contributed by atoms with Crippen molar-refractivity contribution in [3.05, 3.63) is 40.4 Å². The van der Waals surface area contributed by atoms with Crippen LogP contribution in [0.3, 0.4) is 0 Å². The minimum absolute atomic E-state index is 0. The van der Waals surface area contributed by atoms with Gasteiger partial charge in [-0.1, -0.05) is 11.6 Å². The minimum Gasteiger partial charge on any atom is -0.869 e. The normalized spacial score (nSPS) is 14.7. The summed E-state index contributed by atoms with van der Waals surface area (Å²) in [5.74, 6) is -2.43. The second-order valence-electron chi connectivity index (χ2n) is 2.70. The first-order chi connectivity index (χ1) is 6.63. The number of carbonyl (C=O) groups excluding carboxylic acids is 2. The topological polar surface area (TPSA) is 70.1 Å². The van der Waals surface area contributed by atoms with E-state index >= 15 is 0 Å². The van der Waals surface area contributed by atoms with Crippen molar-refractivity contribution in [2.75, 3.05) is 0 Å². The van der Waals surface area contributed by atoms with Crippen LogP contribution in [0.5, 0.6) is 0 Å². The van der Waals surface area contributed by atoms with Gasteiger partial charge in [-0.2, -0.15) is 0 Å². The summed E-state index contributed by atoms with van der Waals surface area (Å²) in [4.78, 5) is 26.4. The Morgan fingerprint density at radius 2 is 1.93 bits per heavy atom. The summed E-state index contributed by atoms with van der Waals surface area (Å²) in [6.45, 7) is 0. The molecule has 15 heavy (non-hydrogen) atoms. The fourth-order valence-corrected chi connectivity index (χ4v) is 1.37. The molecule has 0 amide bonds. The quantitative estimate of drug-likeness (QED) is 0.455. The van der Waals surface area contributed by atoms with Crippen LogP contribution >= 0.6 is 11.6 Å². The summed E-state index contributed by atoms with van der Waals surface area (Å²) in [5.41, 5.74) is -0.0333. The number of pyridine rings is 1. The zero-order valence-corrected chi connectivity index (χ0v) is 10.5. The number of hydrogen-bond acceptors (Lipinski definition) is 4. The second kappa shape index (κ2) is 4.45. The number of ketones is 2. The summed E-state index contributed by atoms with van der Waals surface area (Å²) in [6.07, 6.45) is 1.37. The number of halogens is 1. The van der Waals surface area contributed by atoms with E-state index in [0.717, 1.165) is 0 Å². The molecule has 0 radical (unpaired) electrons. The van der Waals surface area contributed by atoms with E-state index in [9.17, 15) is 14.7 Å². The Morgan fingerprint density at radius 1 is 1.27 bits per heavy atom. The van der Waals surface area contributed by atoms with Crippen LogP contribution in [-0.2, 0) is 0 Å². The summed E-state index contributed by atoms with van der Waals surface area (Å²) >= 11 is 5.40. The van der Waals surface area contributed by atoms with Crippen molar-refractivity contribution in [2.24, 2.45) is 0 Å². The van der Waals surface area contributed by atoms with Crippen molar-refractivity contribution in [2.45, 2.75) is 0 Å². The molecule has 2 rings (SSSR count). The molecule has 0 aromatic carbocycles. The Morgan fingerprint density at radius 3 is 2.60 bits per heavy atom. The maximum Gasteiger partial charge on any atom is 1.00 e. The average molecular weight is 232 g/mol. The molecular formula is C9H3ClNNaO3. The van der Waals surface area contributed by atoms with E-state index < -0.39 is 22.4 Å². The van der Waals surface area contributed by atoms with Gasteiger partial charge in [0.25, 0.3) is 0 Å². The fraction of sp³-hybridized carbons (Fsp3) is 0. The van der Waals surface area contributed by atoms with Crippen LogP contribution in [-0.4, -0.2) is 16.6 Å². The van der Waals surface area contributed by atoms with E-state index in [0.29, 0.717) is 0 Å². The van der Waals surface area contributed by atoms with Crippen LogP contribution in [0.2, 0.25) is 0 Å². The largest absolute Gasteiger partial charge is 1.00 e. The van der Waals surface area contributed by atoms with E-state index in [2.05, 4.69) is 4.98 Å². The van der Waals surface area contributed by atoms with E-state index in [-0.39, 0.29) is 40.8 Å². The van der Waals surface area contributed by atoms with Crippen molar-refractivity contribution in [1.29, 1.82) is 0 Å². The van der Waals surface area contributed by atoms with E-state index in [1.807, 2.05) is 0 Å². The summed E-state index contributed by atoms with van der Waals surface area (Å²) in [6, 6.07) is 2.86. The number of carbonyl (C=O) groups is 2. The number of Topliss-reactive ketones (excluding diaryl/α,β-unsaturated/α-hetero) is 2. The van der Waals surface area contributed by atoms with Crippen LogP contribution in [0.1, 0.15) is 20.8 Å². The smallest absolute Gasteiger partial charge is 0.869 e. The fourth-order valence-electron chi connectivity index (χ4n) is 1.20. The van der Waals surface area contributed by atoms with Crippen molar-refractivity contribution in [1.82, 2.24) is 4.98 Å². The molecule has 0 saturated heterocycles. The maximum absolute atomic E-state index is 11.4. The molecule has 1 aliphatic carbocycles. The van der Waals surface area contributed by atoms with Crippen LogP contribution in [0, 0.1) is 0 Å². The monoisotopic (exact) mass is 231 g/mol. The third-order valence-electron chi connectivity index (χ3n) is 1.87. The van der Waals surface area contributed by atoms with Gasteiger partial charge in [0.1, 0.15) is 5.69 Å². The Bertz CT molecular complexity index is 441. The SMILES string of the molecule is O=C1C([O-])=C(Cl)C(=O)c2ncccc21.[Na+]. The molecule has 6 heteroatoms. The average Bonchev–Trinajstić information content (AvgIpc) is 2.23. The molecule has 0 saturated carbocycles. The van der Waals surface area contributed by atoms with Crippen LogP contribution < -0.4 is 34.7 Å². The van der Waals surface area contributed by atoms with Gasteiger partial charge in [0.2, 0.25) is 5.78 Å². The predicted octanol–water partition coefficient (Wildman–Crippen LogP) is -2.72. The summed E-state index contributed by atoms with van der Waals surface area (Å²) in [5, 5.41) is 10.5. The first-order valence-corrected chi connectivity index (χ1v) is 4.12. The molecule has 1 heterocycles. The minimum atomic E-state index is -0.961. The Balaban J connectivity index is 0.00000112. The molecule has 1 aromatic heterocycles. The van der Waals surface area contributed by atoms with Crippen molar-refractivity contribution < 1.29 is 44.3 Å². The molecule has 4 nitrogen and oxygen atoms in total. The zero-order chi connectivity index (χ0) is 10.3. The molecule has 1 aromatic rings. The predicted molar refractivity (Wildman–Crippen MR) is 45.8 cm³/mol. The molecule has 0 fully saturated rings. The van der Waals surface area contributed by atoms with Crippen LogP contribution in [0.4, 0.5) is 0 Å². The van der Waals surface area contributed by atoms with Crippen molar-refractivity contribution in [3.8, 4) is 0 Å². The maximum atomic E-state index is 11.4. The van der Waals surface area contributed by atoms with Crippen LogP contribution in [0.25, 0.3) is 0 Å². The second-order valence-corrected chi connectivity index (χ2v) is 3.08. The number of rotatable bonds is 0. The van der Waals surface area contributed by atoms with Gasteiger partial charge in [0.05, 0.1) is 10.6 Å². The first-order valence-electron chi connectivity index (χ1n) is 3.74. The summed E-state index contributed by atoms with van der Waals surface area (Å²) < 4.78 is 0. The zero-order valence-electron chi connectivity index (χ0n) is 7.78. The Labute approximate surface area is 112 Å². The standard InChI is InChI=1S/C9H4ClNO3.Na/c10-5-8(13)6-4(2-1-3-11-6)7(12)9(5)14;/h1-3,14H;/q;+1/p-1. The summed E-state index contributed by atoms with van der Waals surface area (Å²) in [7, 11) is 0. The number of allylic oxidation sites excluding steroid dienone is 2. The van der Waals surface area contributed by atoms with Crippen LogP contribution in [0.15, 0.2) is 29.1 Å². The third-order valence-corrected chi connectivity index (χ3v) is 2.22.